The molecule has 3 rings (SSSR count). The maximum atomic E-state index is 13.1. The summed E-state index contributed by atoms with van der Waals surface area (Å²) in [7, 11) is 0. The summed E-state index contributed by atoms with van der Waals surface area (Å²) in [4.78, 5) is 27.4. The molecule has 1 saturated heterocycles. The molecule has 0 bridgehead atoms. The number of hydrogen-bond acceptors (Lipinski definition) is 4. The normalized spacial score (nSPS) is 16.3. The average Bonchev–Trinajstić information content (AvgIpc) is 3.00. The zero-order chi connectivity index (χ0) is 21.2. The third-order valence-corrected chi connectivity index (χ3v) is 5.06. The Balaban J connectivity index is 1.72. The smallest absolute Gasteiger partial charge is 0.261 e. The van der Waals surface area contributed by atoms with Crippen LogP contribution in [-0.2, 0) is 16.1 Å². The van der Waals surface area contributed by atoms with E-state index in [4.69, 9.17) is 9.47 Å². The van der Waals surface area contributed by atoms with Crippen LogP contribution in [0.5, 0.6) is 11.5 Å². The van der Waals surface area contributed by atoms with Gasteiger partial charge in [0.25, 0.3) is 5.91 Å². The number of nitrogens with one attached hydrogen (secondary N) is 1. The van der Waals surface area contributed by atoms with E-state index in [0.29, 0.717) is 31.9 Å². The van der Waals surface area contributed by atoms with Crippen molar-refractivity contribution in [2.24, 2.45) is 0 Å². The van der Waals surface area contributed by atoms with Gasteiger partial charge in [-0.1, -0.05) is 37.3 Å². The van der Waals surface area contributed by atoms with E-state index in [1.54, 1.807) is 4.90 Å². The van der Waals surface area contributed by atoms with Gasteiger partial charge in [0.2, 0.25) is 5.91 Å². The van der Waals surface area contributed by atoms with Crippen molar-refractivity contribution in [2.45, 2.75) is 45.2 Å². The van der Waals surface area contributed by atoms with Gasteiger partial charge in [-0.05, 0) is 55.5 Å². The van der Waals surface area contributed by atoms with Gasteiger partial charge in [0, 0.05) is 13.1 Å². The predicted molar refractivity (Wildman–Crippen MR) is 115 cm³/mol. The van der Waals surface area contributed by atoms with Crippen molar-refractivity contribution in [3.05, 3.63) is 60.2 Å². The number of carbonyl (C=O) groups excluding carboxylic acids is 2. The molecule has 160 valence electrons. The number of para-hydroxylation sites is 1. The highest BCUT2D eigenvalue weighted by molar-refractivity contribution is 5.88. The van der Waals surface area contributed by atoms with E-state index in [1.165, 1.54) is 0 Å². The van der Waals surface area contributed by atoms with E-state index in [-0.39, 0.29) is 18.4 Å². The summed E-state index contributed by atoms with van der Waals surface area (Å²) >= 11 is 0. The Morgan fingerprint density at radius 2 is 1.77 bits per heavy atom. The van der Waals surface area contributed by atoms with Gasteiger partial charge in [0.05, 0.1) is 6.61 Å². The van der Waals surface area contributed by atoms with E-state index in [2.05, 4.69) is 12.2 Å². The highest BCUT2D eigenvalue weighted by Crippen LogP contribution is 2.19. The van der Waals surface area contributed by atoms with Crippen LogP contribution in [0.3, 0.4) is 0 Å². The summed E-state index contributed by atoms with van der Waals surface area (Å²) < 4.78 is 11.3. The molecule has 6 heteroatoms. The lowest BCUT2D eigenvalue weighted by Crippen LogP contribution is -2.49. The average molecular weight is 411 g/mol. The summed E-state index contributed by atoms with van der Waals surface area (Å²) in [5.41, 5.74) is 0.948. The fraction of sp³-hybridized carbons (Fsp3) is 0.417. The summed E-state index contributed by atoms with van der Waals surface area (Å²) in [6.07, 6.45) is 3.42. The molecule has 2 aromatic carbocycles. The van der Waals surface area contributed by atoms with Crippen LogP contribution < -0.4 is 14.8 Å². The number of benzene rings is 2. The van der Waals surface area contributed by atoms with E-state index in [0.717, 1.165) is 30.6 Å². The maximum Gasteiger partial charge on any atom is 0.261 e. The van der Waals surface area contributed by atoms with Crippen molar-refractivity contribution in [1.82, 2.24) is 10.2 Å². The van der Waals surface area contributed by atoms with Gasteiger partial charge in [-0.3, -0.25) is 9.59 Å². The highest BCUT2D eigenvalue weighted by Gasteiger charge is 2.31. The number of rotatable bonds is 9. The highest BCUT2D eigenvalue weighted by atomic mass is 16.5. The largest absolute Gasteiger partial charge is 0.494 e. The Kier molecular flexibility index (Phi) is 8.12. The van der Waals surface area contributed by atoms with Crippen molar-refractivity contribution < 1.29 is 19.1 Å². The molecule has 1 heterocycles. The molecule has 6 nitrogen and oxygen atoms in total. The molecule has 30 heavy (non-hydrogen) atoms. The summed E-state index contributed by atoms with van der Waals surface area (Å²) in [5, 5.41) is 2.93. The third kappa shape index (κ3) is 6.24. The first kappa shape index (κ1) is 21.7. The molecule has 1 N–H and O–H groups in total. The molecule has 1 aliphatic heterocycles. The molecule has 1 fully saturated rings. The van der Waals surface area contributed by atoms with Crippen LogP contribution in [0.25, 0.3) is 0 Å². The molecule has 2 aromatic rings. The van der Waals surface area contributed by atoms with Gasteiger partial charge in [-0.15, -0.1) is 0 Å². The van der Waals surface area contributed by atoms with Crippen LogP contribution >= 0.6 is 0 Å². The molecule has 0 unspecified atom stereocenters. The van der Waals surface area contributed by atoms with E-state index in [1.807, 2.05) is 54.6 Å². The summed E-state index contributed by atoms with van der Waals surface area (Å²) in [5.74, 6) is 1.14. The van der Waals surface area contributed by atoms with Gasteiger partial charge < -0.3 is 19.7 Å². The van der Waals surface area contributed by atoms with Crippen molar-refractivity contribution in [2.75, 3.05) is 19.8 Å². The van der Waals surface area contributed by atoms with Crippen LogP contribution in [0.4, 0.5) is 0 Å². The Labute approximate surface area is 178 Å². The molecule has 1 atom stereocenters. The number of nitrogens with zero attached hydrogens (tertiary/aromatic N) is 1. The quantitative estimate of drug-likeness (QED) is 0.687. The molecular formula is C24H30N2O4. The zero-order valence-corrected chi connectivity index (χ0v) is 17.5. The Morgan fingerprint density at radius 1 is 1.03 bits per heavy atom. The Morgan fingerprint density at radius 3 is 2.50 bits per heavy atom. The minimum atomic E-state index is -0.490. The summed E-state index contributed by atoms with van der Waals surface area (Å²) in [6, 6.07) is 16.4. The van der Waals surface area contributed by atoms with Gasteiger partial charge in [-0.2, -0.15) is 0 Å². The lowest BCUT2D eigenvalue weighted by Gasteiger charge is -2.30. The van der Waals surface area contributed by atoms with Crippen LogP contribution in [0, 0.1) is 0 Å². The summed E-state index contributed by atoms with van der Waals surface area (Å²) in [6.45, 7) is 3.63. The fourth-order valence-electron chi connectivity index (χ4n) is 3.45. The van der Waals surface area contributed by atoms with Crippen molar-refractivity contribution in [1.29, 1.82) is 0 Å². The van der Waals surface area contributed by atoms with Crippen molar-refractivity contribution in [3.8, 4) is 11.5 Å². The number of carbonyl (C=O) groups is 2. The topological polar surface area (TPSA) is 67.9 Å². The Bertz CT molecular complexity index is 808. The maximum absolute atomic E-state index is 13.1. The van der Waals surface area contributed by atoms with E-state index < -0.39 is 6.04 Å². The predicted octanol–water partition coefficient (Wildman–Crippen LogP) is 3.55. The molecule has 0 radical (unpaired) electrons. The molecule has 1 aliphatic rings. The number of hydrogen-bond donors (Lipinski definition) is 1. The first-order valence-corrected chi connectivity index (χ1v) is 10.6. The fourth-order valence-corrected chi connectivity index (χ4v) is 3.45. The van der Waals surface area contributed by atoms with Gasteiger partial charge in [-0.25, -0.2) is 0 Å². The van der Waals surface area contributed by atoms with Crippen LogP contribution in [0.15, 0.2) is 54.6 Å². The van der Waals surface area contributed by atoms with Crippen LogP contribution in [0.1, 0.15) is 38.2 Å². The number of ether oxygens (including phenoxy) is 2. The molecule has 0 spiro atoms. The molecular weight excluding hydrogens is 380 g/mol. The van der Waals surface area contributed by atoms with Crippen molar-refractivity contribution >= 4 is 11.8 Å². The first-order chi connectivity index (χ1) is 14.7. The van der Waals surface area contributed by atoms with Gasteiger partial charge in [0.1, 0.15) is 17.5 Å². The second-order valence-electron chi connectivity index (χ2n) is 7.42. The number of amides is 2. The standard InChI is InChI=1S/C24H30N2O4/c1-2-16-29-21-13-11-19(12-14-21)17-26(22-10-6-7-15-25-24(22)28)23(27)18-30-20-8-4-3-5-9-20/h3-5,8-9,11-14,22H,2,6-7,10,15-18H2,1H3,(H,25,28)/t22-/m0/s1. The van der Waals surface area contributed by atoms with Gasteiger partial charge >= 0.3 is 0 Å². The second-order valence-corrected chi connectivity index (χ2v) is 7.42. The lowest BCUT2D eigenvalue weighted by molar-refractivity contribution is -0.142. The third-order valence-electron chi connectivity index (χ3n) is 5.06. The van der Waals surface area contributed by atoms with E-state index in [9.17, 15) is 9.59 Å². The van der Waals surface area contributed by atoms with Gasteiger partial charge in [0.15, 0.2) is 6.61 Å². The van der Waals surface area contributed by atoms with Crippen molar-refractivity contribution in [3.63, 3.8) is 0 Å². The van der Waals surface area contributed by atoms with E-state index >= 15 is 0 Å². The van der Waals surface area contributed by atoms with Crippen LogP contribution in [-0.4, -0.2) is 42.5 Å². The Hall–Kier alpha value is -3.02. The SMILES string of the molecule is CCCOc1ccc(CN(C(=O)COc2ccccc2)[C@H]2CCCCNC2=O)cc1. The molecule has 0 saturated carbocycles. The minimum absolute atomic E-state index is 0.0940. The molecule has 0 aliphatic carbocycles. The monoisotopic (exact) mass is 410 g/mol. The lowest BCUT2D eigenvalue weighted by atomic mass is 10.1. The zero-order valence-electron chi connectivity index (χ0n) is 17.5. The molecule has 0 aromatic heterocycles. The minimum Gasteiger partial charge on any atom is -0.494 e. The molecule has 2 amide bonds. The second kappa shape index (κ2) is 11.2. The van der Waals surface area contributed by atoms with Crippen LogP contribution in [0.2, 0.25) is 0 Å². The first-order valence-electron chi connectivity index (χ1n) is 10.6.